The van der Waals surface area contributed by atoms with Crippen LogP contribution in [0.1, 0.15) is 71.5 Å². The molecule has 2 saturated heterocycles. The van der Waals surface area contributed by atoms with Crippen molar-refractivity contribution in [3.63, 3.8) is 0 Å². The monoisotopic (exact) mass is 451 g/mol. The van der Waals surface area contributed by atoms with Gasteiger partial charge in [-0.1, -0.05) is 6.42 Å². The number of benzene rings is 1. The Labute approximate surface area is 201 Å². The van der Waals surface area contributed by atoms with Crippen molar-refractivity contribution in [1.82, 2.24) is 14.7 Å². The maximum Gasteiger partial charge on any atom is 0.410 e. The van der Waals surface area contributed by atoms with Gasteiger partial charge < -0.3 is 24.2 Å². The van der Waals surface area contributed by atoms with Gasteiger partial charge >= 0.3 is 6.09 Å². The number of carbonyl (C=O) groups is 2. The Morgan fingerprint density at radius 3 is 2.31 bits per heavy atom. The van der Waals surface area contributed by atoms with Gasteiger partial charge in [-0.2, -0.15) is 0 Å². The van der Waals surface area contributed by atoms with Crippen molar-refractivity contribution in [1.29, 1.82) is 0 Å². The summed E-state index contributed by atoms with van der Waals surface area (Å²) in [7, 11) is 0. The van der Waals surface area contributed by atoms with E-state index >= 15 is 0 Å². The highest BCUT2D eigenvalue weighted by molar-refractivity contribution is 5.94. The quantitative estimate of drug-likeness (QED) is 0.611. The minimum Gasteiger partial charge on any atom is -0.494 e. The van der Waals surface area contributed by atoms with Crippen LogP contribution in [-0.4, -0.2) is 84.6 Å². The second-order valence-corrected chi connectivity index (χ2v) is 9.03. The van der Waals surface area contributed by atoms with Crippen molar-refractivity contribution in [2.24, 2.45) is 0 Å². The second-order valence-electron chi connectivity index (χ2n) is 9.03. The first kappa shape index (κ1) is 17.2. The van der Waals surface area contributed by atoms with E-state index in [4.69, 9.17) is 17.7 Å². The molecule has 2 fully saturated rings. The molecule has 0 N–H and O–H groups in total. The van der Waals surface area contributed by atoms with Gasteiger partial charge in [-0.15, -0.1) is 0 Å². The Kier molecular flexibility index (Phi) is 6.22. The van der Waals surface area contributed by atoms with E-state index in [-0.39, 0.29) is 10.5 Å². The Morgan fingerprint density at radius 2 is 1.62 bits per heavy atom. The topological polar surface area (TPSA) is 62.3 Å². The standard InChI is InChI=1S/C25H39N3O4/c1-25(2,3)32-24(30)28-17-7-16-27(18-19-28)23(29)21-9-11-22(12-10-21)31-20-8-15-26-13-5-4-6-14-26/h9-12H,4-8,13-20H2,1-3H3/i17D2,18D2,19D2. The van der Waals surface area contributed by atoms with Crippen LogP contribution in [-0.2, 0) is 4.74 Å². The summed E-state index contributed by atoms with van der Waals surface area (Å²) in [4.78, 5) is 29.3. The lowest BCUT2D eigenvalue weighted by molar-refractivity contribution is 0.0255. The number of piperidine rings is 1. The zero-order valence-corrected chi connectivity index (χ0v) is 19.4. The van der Waals surface area contributed by atoms with Crippen LogP contribution in [0.5, 0.6) is 5.75 Å². The predicted octanol–water partition coefficient (Wildman–Crippen LogP) is 4.02. The summed E-state index contributed by atoms with van der Waals surface area (Å²) in [6.07, 6.45) is 2.78. The van der Waals surface area contributed by atoms with Crippen LogP contribution in [0.3, 0.4) is 0 Å². The highest BCUT2D eigenvalue weighted by Crippen LogP contribution is 2.17. The first-order valence-corrected chi connectivity index (χ1v) is 11.4. The molecule has 0 unspecified atom stereocenters. The molecule has 0 radical (unpaired) electrons. The third kappa shape index (κ3) is 7.69. The second kappa shape index (κ2) is 11.5. The molecule has 0 atom stereocenters. The number of ether oxygens (including phenoxy) is 2. The minimum atomic E-state index is -3.23. The van der Waals surface area contributed by atoms with Crippen molar-refractivity contribution in [3.8, 4) is 5.75 Å². The maximum atomic E-state index is 13.3. The summed E-state index contributed by atoms with van der Waals surface area (Å²) in [5, 5.41) is 0. The summed E-state index contributed by atoms with van der Waals surface area (Å²) >= 11 is 0. The predicted molar refractivity (Wildman–Crippen MR) is 125 cm³/mol. The van der Waals surface area contributed by atoms with Crippen molar-refractivity contribution >= 4 is 12.0 Å². The molecule has 3 rings (SSSR count). The molecule has 0 bridgehead atoms. The fourth-order valence-electron chi connectivity index (χ4n) is 3.56. The number of rotatable bonds is 6. The average Bonchev–Trinajstić information content (AvgIpc) is 2.86. The van der Waals surface area contributed by atoms with E-state index in [2.05, 4.69) is 4.90 Å². The van der Waals surface area contributed by atoms with E-state index in [0.29, 0.717) is 17.3 Å². The van der Waals surface area contributed by atoms with Crippen LogP contribution in [0.15, 0.2) is 24.3 Å². The van der Waals surface area contributed by atoms with Crippen LogP contribution in [0, 0.1) is 0 Å². The van der Waals surface area contributed by atoms with E-state index in [1.807, 2.05) is 0 Å². The van der Waals surface area contributed by atoms with E-state index < -0.39 is 50.1 Å². The highest BCUT2D eigenvalue weighted by atomic mass is 16.6. The Morgan fingerprint density at radius 1 is 0.938 bits per heavy atom. The molecule has 1 aromatic carbocycles. The summed E-state index contributed by atoms with van der Waals surface area (Å²) in [5.41, 5.74) is -0.966. The molecule has 2 aliphatic rings. The molecular formula is C25H39N3O4. The van der Waals surface area contributed by atoms with Gasteiger partial charge in [-0.3, -0.25) is 4.79 Å². The molecule has 0 aromatic heterocycles. The molecular weight excluding hydrogens is 406 g/mol. The summed E-state index contributed by atoms with van der Waals surface area (Å²) in [6, 6.07) is 6.14. The normalized spacial score (nSPS) is 25.7. The summed E-state index contributed by atoms with van der Waals surface area (Å²) in [6.45, 7) is -0.999. The lowest BCUT2D eigenvalue weighted by atomic mass is 10.1. The summed E-state index contributed by atoms with van der Waals surface area (Å²) < 4.78 is 61.6. The molecule has 0 aliphatic carbocycles. The van der Waals surface area contributed by atoms with Gasteiger partial charge in [0.15, 0.2) is 0 Å². The third-order valence-electron chi connectivity index (χ3n) is 5.16. The van der Waals surface area contributed by atoms with Crippen LogP contribution < -0.4 is 4.74 Å². The van der Waals surface area contributed by atoms with Crippen molar-refractivity contribution in [3.05, 3.63) is 29.8 Å². The van der Waals surface area contributed by atoms with Crippen molar-refractivity contribution < 1.29 is 27.3 Å². The molecule has 0 spiro atoms. The van der Waals surface area contributed by atoms with Gasteiger partial charge in [0, 0.05) is 40.9 Å². The molecule has 2 aliphatic heterocycles. The zero-order valence-electron chi connectivity index (χ0n) is 25.4. The molecule has 1 aromatic rings. The first-order valence-electron chi connectivity index (χ1n) is 14.4. The van der Waals surface area contributed by atoms with Gasteiger partial charge in [0.2, 0.25) is 0 Å². The van der Waals surface area contributed by atoms with Crippen LogP contribution in [0.4, 0.5) is 4.79 Å². The highest BCUT2D eigenvalue weighted by Gasteiger charge is 2.26. The zero-order chi connectivity index (χ0) is 28.4. The minimum absolute atomic E-state index is 0.0941. The number of nitrogens with zero attached hydrogens (tertiary/aromatic N) is 3. The van der Waals surface area contributed by atoms with Crippen molar-refractivity contribution in [2.45, 2.75) is 58.5 Å². The molecule has 2 heterocycles. The fourth-order valence-corrected chi connectivity index (χ4v) is 3.56. The van der Waals surface area contributed by atoms with Crippen molar-refractivity contribution in [2.75, 3.05) is 52.3 Å². The van der Waals surface area contributed by atoms with Gasteiger partial charge in [0.1, 0.15) is 11.4 Å². The van der Waals surface area contributed by atoms with E-state index in [1.54, 1.807) is 32.9 Å². The molecule has 7 heteroatoms. The number of hydrogen-bond donors (Lipinski definition) is 0. The van der Waals surface area contributed by atoms with Gasteiger partial charge in [0.05, 0.1) is 12.1 Å². The Balaban J connectivity index is 1.71. The third-order valence-corrected chi connectivity index (χ3v) is 5.16. The van der Waals surface area contributed by atoms with E-state index in [9.17, 15) is 9.59 Å². The number of hydrogen-bond acceptors (Lipinski definition) is 5. The number of carbonyl (C=O) groups excluding carboxylic acids is 2. The molecule has 7 nitrogen and oxygen atoms in total. The lowest BCUT2D eigenvalue weighted by Crippen LogP contribution is -2.40. The summed E-state index contributed by atoms with van der Waals surface area (Å²) in [5.74, 6) is -0.265. The smallest absolute Gasteiger partial charge is 0.410 e. The van der Waals surface area contributed by atoms with E-state index in [1.165, 1.54) is 31.4 Å². The van der Waals surface area contributed by atoms with Gasteiger partial charge in [-0.25, -0.2) is 4.79 Å². The van der Waals surface area contributed by atoms with E-state index in [0.717, 1.165) is 26.1 Å². The first-order chi connectivity index (χ1) is 17.6. The number of likely N-dealkylation sites (tertiary alicyclic amines) is 1. The Hall–Kier alpha value is -2.28. The number of amides is 2. The lowest BCUT2D eigenvalue weighted by Gasteiger charge is -2.26. The average molecular weight is 452 g/mol. The van der Waals surface area contributed by atoms with Gasteiger partial charge in [-0.05, 0) is 83.8 Å². The van der Waals surface area contributed by atoms with Gasteiger partial charge in [0.25, 0.3) is 5.91 Å². The van der Waals surface area contributed by atoms with Crippen LogP contribution in [0.25, 0.3) is 0 Å². The maximum absolute atomic E-state index is 13.3. The molecule has 2 amide bonds. The molecule has 32 heavy (non-hydrogen) atoms. The molecule has 178 valence electrons. The fraction of sp³-hybridized carbons (Fsp3) is 0.680. The van der Waals surface area contributed by atoms with Crippen LogP contribution >= 0.6 is 0 Å². The van der Waals surface area contributed by atoms with Crippen LogP contribution in [0.2, 0.25) is 0 Å². The Bertz CT molecular complexity index is 978. The largest absolute Gasteiger partial charge is 0.494 e. The SMILES string of the molecule is [2H]C1([2H])CCN(C(=O)c2ccc(OCCCN3CCCCC3)cc2)C([2H])([2H])C([2H])([2H])N1C(=O)OC(C)(C)C. The molecule has 0 saturated carbocycles.